The quantitative estimate of drug-likeness (QED) is 0.694. The molecule has 3 rings (SSSR count). The maximum absolute atomic E-state index is 12.5. The summed E-state index contributed by atoms with van der Waals surface area (Å²) >= 11 is 6.06. The average Bonchev–Trinajstić information content (AvgIpc) is 2.97. The van der Waals surface area contributed by atoms with Crippen molar-refractivity contribution in [1.29, 1.82) is 0 Å². The third-order valence-electron chi connectivity index (χ3n) is 2.90. The van der Waals surface area contributed by atoms with Crippen molar-refractivity contribution in [2.75, 3.05) is 0 Å². The number of nitrogens with zero attached hydrogens (tertiary/aromatic N) is 3. The summed E-state index contributed by atoms with van der Waals surface area (Å²) in [6.07, 6.45) is 1.44. The Morgan fingerprint density at radius 3 is 2.45 bits per heavy atom. The number of aromatic nitrogens is 3. The van der Waals surface area contributed by atoms with Gasteiger partial charge in [-0.3, -0.25) is 4.79 Å². The fourth-order valence-corrected chi connectivity index (χ4v) is 2.15. The first-order valence-corrected chi connectivity index (χ1v) is 6.40. The Labute approximate surface area is 120 Å². The number of halogens is 1. The van der Waals surface area contributed by atoms with Crippen LogP contribution >= 0.6 is 11.6 Å². The number of carbonyl (C=O) groups excluding carboxylic acids is 1. The van der Waals surface area contributed by atoms with Crippen LogP contribution in [0.2, 0.25) is 5.02 Å². The maximum atomic E-state index is 12.5. The molecule has 1 heterocycles. The first kappa shape index (κ1) is 12.6. The largest absolute Gasteiger partial charge is 0.287 e. The van der Waals surface area contributed by atoms with Gasteiger partial charge < -0.3 is 0 Å². The number of carbonyl (C=O) groups is 1. The van der Waals surface area contributed by atoms with Gasteiger partial charge in [0.2, 0.25) is 5.78 Å². The van der Waals surface area contributed by atoms with Crippen molar-refractivity contribution in [2.45, 2.75) is 0 Å². The molecule has 0 unspecified atom stereocenters. The molecule has 20 heavy (non-hydrogen) atoms. The lowest BCUT2D eigenvalue weighted by Crippen LogP contribution is -2.10. The SMILES string of the molecule is O=C(c1ccccc1Cl)c1cnnn1-c1ccccc1. The number of hydrogen-bond acceptors (Lipinski definition) is 3. The van der Waals surface area contributed by atoms with Crippen LogP contribution < -0.4 is 0 Å². The second kappa shape index (κ2) is 5.27. The van der Waals surface area contributed by atoms with Crippen LogP contribution in [-0.4, -0.2) is 20.8 Å². The molecule has 0 amide bonds. The van der Waals surface area contributed by atoms with Crippen LogP contribution in [0.15, 0.2) is 60.8 Å². The summed E-state index contributed by atoms with van der Waals surface area (Å²) in [5, 5.41) is 8.20. The minimum absolute atomic E-state index is 0.204. The molecule has 0 N–H and O–H groups in total. The van der Waals surface area contributed by atoms with E-state index in [1.54, 1.807) is 24.3 Å². The molecule has 0 aliphatic rings. The van der Waals surface area contributed by atoms with E-state index in [1.807, 2.05) is 30.3 Å². The van der Waals surface area contributed by atoms with Gasteiger partial charge in [0, 0.05) is 5.56 Å². The fraction of sp³-hybridized carbons (Fsp3) is 0. The Kier molecular flexibility index (Phi) is 3.31. The summed E-state index contributed by atoms with van der Waals surface area (Å²) in [4.78, 5) is 12.5. The van der Waals surface area contributed by atoms with Gasteiger partial charge in [-0.05, 0) is 24.3 Å². The number of rotatable bonds is 3. The molecule has 0 atom stereocenters. The molecule has 0 aliphatic carbocycles. The molecular weight excluding hydrogens is 274 g/mol. The van der Waals surface area contributed by atoms with Crippen LogP contribution in [0.1, 0.15) is 16.1 Å². The maximum Gasteiger partial charge on any atom is 0.214 e. The molecule has 1 aromatic heterocycles. The molecule has 3 aromatic rings. The highest BCUT2D eigenvalue weighted by Gasteiger charge is 2.18. The molecule has 0 aliphatic heterocycles. The van der Waals surface area contributed by atoms with E-state index >= 15 is 0 Å². The lowest BCUT2D eigenvalue weighted by molar-refractivity contribution is 0.103. The second-order valence-electron chi connectivity index (χ2n) is 4.18. The minimum Gasteiger partial charge on any atom is -0.287 e. The van der Waals surface area contributed by atoms with E-state index in [2.05, 4.69) is 10.3 Å². The van der Waals surface area contributed by atoms with E-state index in [0.717, 1.165) is 5.69 Å². The molecule has 0 saturated carbocycles. The highest BCUT2D eigenvalue weighted by atomic mass is 35.5. The minimum atomic E-state index is -0.204. The van der Waals surface area contributed by atoms with Crippen LogP contribution in [0.25, 0.3) is 5.69 Å². The first-order valence-electron chi connectivity index (χ1n) is 6.03. The van der Waals surface area contributed by atoms with E-state index in [4.69, 9.17) is 11.6 Å². The molecule has 0 radical (unpaired) electrons. The number of para-hydroxylation sites is 1. The van der Waals surface area contributed by atoms with E-state index in [1.165, 1.54) is 10.9 Å². The van der Waals surface area contributed by atoms with Crippen LogP contribution in [-0.2, 0) is 0 Å². The summed E-state index contributed by atoms with van der Waals surface area (Å²) in [5.74, 6) is -0.204. The van der Waals surface area contributed by atoms with Crippen molar-refractivity contribution in [2.24, 2.45) is 0 Å². The zero-order valence-electron chi connectivity index (χ0n) is 10.4. The summed E-state index contributed by atoms with van der Waals surface area (Å²) in [5.41, 5.74) is 1.60. The van der Waals surface area contributed by atoms with Crippen molar-refractivity contribution < 1.29 is 4.79 Å². The molecule has 0 saturated heterocycles. The molecule has 0 bridgehead atoms. The standard InChI is InChI=1S/C15H10ClN3O/c16-13-9-5-4-8-12(13)15(20)14-10-17-18-19(14)11-6-2-1-3-7-11/h1-10H. The van der Waals surface area contributed by atoms with Gasteiger partial charge in [0.15, 0.2) is 0 Å². The van der Waals surface area contributed by atoms with Gasteiger partial charge in [-0.2, -0.15) is 0 Å². The number of benzene rings is 2. The van der Waals surface area contributed by atoms with Gasteiger partial charge in [-0.25, -0.2) is 4.68 Å². The molecule has 0 fully saturated rings. The summed E-state index contributed by atoms with van der Waals surface area (Å²) in [6.45, 7) is 0. The zero-order chi connectivity index (χ0) is 13.9. The Bertz CT molecular complexity index is 753. The highest BCUT2D eigenvalue weighted by Crippen LogP contribution is 2.20. The lowest BCUT2D eigenvalue weighted by atomic mass is 10.1. The second-order valence-corrected chi connectivity index (χ2v) is 4.58. The van der Waals surface area contributed by atoms with Crippen LogP contribution in [0.5, 0.6) is 0 Å². The van der Waals surface area contributed by atoms with E-state index in [0.29, 0.717) is 16.3 Å². The number of hydrogen-bond donors (Lipinski definition) is 0. The fourth-order valence-electron chi connectivity index (χ4n) is 1.93. The van der Waals surface area contributed by atoms with Crippen LogP contribution in [0, 0.1) is 0 Å². The Morgan fingerprint density at radius 2 is 1.70 bits per heavy atom. The lowest BCUT2D eigenvalue weighted by Gasteiger charge is -2.06. The van der Waals surface area contributed by atoms with E-state index < -0.39 is 0 Å². The van der Waals surface area contributed by atoms with Gasteiger partial charge in [-0.1, -0.05) is 47.1 Å². The predicted molar refractivity (Wildman–Crippen MR) is 76.2 cm³/mol. The van der Waals surface area contributed by atoms with Gasteiger partial charge in [-0.15, -0.1) is 5.10 Å². The molecule has 5 heteroatoms. The van der Waals surface area contributed by atoms with Crippen molar-refractivity contribution in [3.05, 3.63) is 77.1 Å². The average molecular weight is 284 g/mol. The third-order valence-corrected chi connectivity index (χ3v) is 3.23. The van der Waals surface area contributed by atoms with Gasteiger partial charge in [0.05, 0.1) is 16.9 Å². The summed E-state index contributed by atoms with van der Waals surface area (Å²) < 4.78 is 1.51. The van der Waals surface area contributed by atoms with E-state index in [-0.39, 0.29) is 5.78 Å². The van der Waals surface area contributed by atoms with Crippen molar-refractivity contribution >= 4 is 17.4 Å². The summed E-state index contributed by atoms with van der Waals surface area (Å²) in [7, 11) is 0. The predicted octanol–water partition coefficient (Wildman–Crippen LogP) is 3.15. The van der Waals surface area contributed by atoms with Crippen LogP contribution in [0.4, 0.5) is 0 Å². The molecular formula is C15H10ClN3O. The van der Waals surface area contributed by atoms with Gasteiger partial charge >= 0.3 is 0 Å². The topological polar surface area (TPSA) is 47.8 Å². The van der Waals surface area contributed by atoms with Crippen molar-refractivity contribution in [1.82, 2.24) is 15.0 Å². The third kappa shape index (κ3) is 2.21. The Balaban J connectivity index is 2.07. The monoisotopic (exact) mass is 283 g/mol. The summed E-state index contributed by atoms with van der Waals surface area (Å²) in [6, 6.07) is 16.3. The normalized spacial score (nSPS) is 10.4. The van der Waals surface area contributed by atoms with E-state index in [9.17, 15) is 4.79 Å². The zero-order valence-corrected chi connectivity index (χ0v) is 11.2. The van der Waals surface area contributed by atoms with Crippen molar-refractivity contribution in [3.8, 4) is 5.69 Å². The molecule has 4 nitrogen and oxygen atoms in total. The molecule has 2 aromatic carbocycles. The first-order chi connectivity index (χ1) is 9.77. The Morgan fingerprint density at radius 1 is 1.00 bits per heavy atom. The Hall–Kier alpha value is -2.46. The molecule has 98 valence electrons. The smallest absolute Gasteiger partial charge is 0.214 e. The van der Waals surface area contributed by atoms with Gasteiger partial charge in [0.25, 0.3) is 0 Å². The molecule has 0 spiro atoms. The van der Waals surface area contributed by atoms with Crippen LogP contribution in [0.3, 0.4) is 0 Å². The van der Waals surface area contributed by atoms with Crippen molar-refractivity contribution in [3.63, 3.8) is 0 Å². The van der Waals surface area contributed by atoms with Gasteiger partial charge in [0.1, 0.15) is 5.69 Å². The number of ketones is 1. The highest BCUT2D eigenvalue weighted by molar-refractivity contribution is 6.34.